The fourth-order valence-electron chi connectivity index (χ4n) is 3.89. The van der Waals surface area contributed by atoms with Crippen LogP contribution in [0.4, 0.5) is 11.6 Å². The number of aliphatic hydroxyl groups is 1. The van der Waals surface area contributed by atoms with Gasteiger partial charge >= 0.3 is 0 Å². The molecule has 29 heavy (non-hydrogen) atoms. The van der Waals surface area contributed by atoms with Crippen molar-refractivity contribution in [3.05, 3.63) is 77.9 Å². The van der Waals surface area contributed by atoms with E-state index in [2.05, 4.69) is 56.4 Å². The van der Waals surface area contributed by atoms with Crippen LogP contribution in [0.15, 0.2) is 61.1 Å². The molecule has 1 fully saturated rings. The number of rotatable bonds is 6. The Bertz CT molecular complexity index is 933. The summed E-state index contributed by atoms with van der Waals surface area (Å²) in [6, 6.07) is 16.3. The van der Waals surface area contributed by atoms with E-state index in [9.17, 15) is 5.11 Å². The first kappa shape index (κ1) is 19.3. The fourth-order valence-corrected chi connectivity index (χ4v) is 3.89. The molecule has 1 aliphatic rings. The second-order valence-electron chi connectivity index (χ2n) is 7.64. The molecule has 6 nitrogen and oxygen atoms in total. The van der Waals surface area contributed by atoms with Crippen molar-refractivity contribution in [2.24, 2.45) is 5.92 Å². The molecule has 2 atom stereocenters. The van der Waals surface area contributed by atoms with Crippen LogP contribution in [0.2, 0.25) is 0 Å². The Kier molecular flexibility index (Phi) is 6.00. The van der Waals surface area contributed by atoms with Gasteiger partial charge in [0.05, 0.1) is 11.7 Å². The second-order valence-corrected chi connectivity index (χ2v) is 7.64. The second kappa shape index (κ2) is 9.01. The number of aryl methyl sites for hydroxylation is 1. The molecule has 1 saturated heterocycles. The average Bonchev–Trinajstić information content (AvgIpc) is 2.78. The first-order chi connectivity index (χ1) is 14.2. The van der Waals surface area contributed by atoms with Crippen LogP contribution in [-0.4, -0.2) is 39.8 Å². The molecule has 0 radical (unpaired) electrons. The highest BCUT2D eigenvalue weighted by Crippen LogP contribution is 2.27. The quantitative estimate of drug-likeness (QED) is 0.671. The zero-order chi connectivity index (χ0) is 20.1. The van der Waals surface area contributed by atoms with Gasteiger partial charge in [0.15, 0.2) is 0 Å². The molecule has 3 heterocycles. The van der Waals surface area contributed by atoms with E-state index in [0.29, 0.717) is 5.92 Å². The molecule has 2 aromatic heterocycles. The molecular formula is C23H27N5O. The number of nitrogens with zero attached hydrogens (tertiary/aromatic N) is 4. The molecule has 3 aromatic rings. The van der Waals surface area contributed by atoms with E-state index in [1.54, 1.807) is 6.33 Å². The molecule has 0 bridgehead atoms. The highest BCUT2D eigenvalue weighted by molar-refractivity contribution is 5.51. The van der Waals surface area contributed by atoms with E-state index in [1.165, 1.54) is 5.56 Å². The minimum atomic E-state index is -0.106. The topological polar surface area (TPSA) is 74.2 Å². The lowest BCUT2D eigenvalue weighted by Gasteiger charge is -2.32. The molecule has 0 aliphatic carbocycles. The van der Waals surface area contributed by atoms with Gasteiger partial charge in [-0.15, -0.1) is 0 Å². The van der Waals surface area contributed by atoms with Gasteiger partial charge in [-0.25, -0.2) is 9.97 Å². The van der Waals surface area contributed by atoms with Crippen LogP contribution < -0.4 is 10.2 Å². The standard InChI is InChI=1S/C23H27N5O/c1-17-6-4-8-19(12-17)23(20-9-2-3-10-24-20)27-21-13-22(26-16-25-21)28-11-5-7-18(14-28)15-29/h2-4,6,8-10,12-13,16,18,23,29H,5,7,11,14-15H2,1H3,(H,25,26,27). The zero-order valence-corrected chi connectivity index (χ0v) is 16.7. The van der Waals surface area contributed by atoms with E-state index >= 15 is 0 Å². The Hall–Kier alpha value is -2.99. The highest BCUT2D eigenvalue weighted by Gasteiger charge is 2.21. The van der Waals surface area contributed by atoms with Gasteiger partial charge in [-0.3, -0.25) is 4.98 Å². The normalized spacial score (nSPS) is 17.7. The average molecular weight is 390 g/mol. The minimum Gasteiger partial charge on any atom is -0.396 e. The summed E-state index contributed by atoms with van der Waals surface area (Å²) in [5, 5.41) is 13.1. The molecule has 0 saturated carbocycles. The van der Waals surface area contributed by atoms with Gasteiger partial charge in [0, 0.05) is 32.0 Å². The van der Waals surface area contributed by atoms with Crippen LogP contribution in [0, 0.1) is 12.8 Å². The van der Waals surface area contributed by atoms with Gasteiger partial charge in [0.1, 0.15) is 18.0 Å². The Morgan fingerprint density at radius 3 is 2.86 bits per heavy atom. The predicted molar refractivity (Wildman–Crippen MR) is 115 cm³/mol. The summed E-state index contributed by atoms with van der Waals surface area (Å²) in [4.78, 5) is 15.7. The third-order valence-electron chi connectivity index (χ3n) is 5.41. The molecule has 2 N–H and O–H groups in total. The number of aliphatic hydroxyl groups excluding tert-OH is 1. The van der Waals surface area contributed by atoms with Gasteiger partial charge in [-0.2, -0.15) is 0 Å². The summed E-state index contributed by atoms with van der Waals surface area (Å²) >= 11 is 0. The Morgan fingerprint density at radius 1 is 1.14 bits per heavy atom. The number of anilines is 2. The molecule has 1 aliphatic heterocycles. The molecule has 6 heteroatoms. The molecule has 150 valence electrons. The first-order valence-electron chi connectivity index (χ1n) is 10.1. The number of benzene rings is 1. The molecule has 4 rings (SSSR count). The molecular weight excluding hydrogens is 362 g/mol. The van der Waals surface area contributed by atoms with Gasteiger partial charge < -0.3 is 15.3 Å². The Morgan fingerprint density at radius 2 is 2.07 bits per heavy atom. The summed E-state index contributed by atoms with van der Waals surface area (Å²) in [5.41, 5.74) is 3.29. The third kappa shape index (κ3) is 4.71. The van der Waals surface area contributed by atoms with Crippen molar-refractivity contribution in [3.8, 4) is 0 Å². The number of nitrogens with one attached hydrogen (secondary N) is 1. The van der Waals surface area contributed by atoms with E-state index in [-0.39, 0.29) is 12.6 Å². The maximum atomic E-state index is 9.53. The van der Waals surface area contributed by atoms with E-state index < -0.39 is 0 Å². The maximum absolute atomic E-state index is 9.53. The third-order valence-corrected chi connectivity index (χ3v) is 5.41. The number of pyridine rings is 1. The SMILES string of the molecule is Cc1cccc(C(Nc2cc(N3CCCC(CO)C3)ncn2)c2ccccn2)c1. The summed E-state index contributed by atoms with van der Waals surface area (Å²) < 4.78 is 0. The summed E-state index contributed by atoms with van der Waals surface area (Å²) in [5.74, 6) is 1.96. The molecule has 0 amide bonds. The number of piperidine rings is 1. The van der Waals surface area contributed by atoms with E-state index in [4.69, 9.17) is 0 Å². The Balaban J connectivity index is 1.61. The van der Waals surface area contributed by atoms with Gasteiger partial charge in [0.2, 0.25) is 0 Å². The van der Waals surface area contributed by atoms with E-state index in [0.717, 1.165) is 48.8 Å². The maximum Gasteiger partial charge on any atom is 0.134 e. The van der Waals surface area contributed by atoms with Gasteiger partial charge in [-0.1, -0.05) is 35.9 Å². The first-order valence-corrected chi connectivity index (χ1v) is 10.1. The van der Waals surface area contributed by atoms with Crippen molar-refractivity contribution < 1.29 is 5.11 Å². The fraction of sp³-hybridized carbons (Fsp3) is 0.348. The molecule has 0 spiro atoms. The van der Waals surface area contributed by atoms with Gasteiger partial charge in [0.25, 0.3) is 0 Å². The predicted octanol–water partition coefficient (Wildman–Crippen LogP) is 3.59. The summed E-state index contributed by atoms with van der Waals surface area (Å²) in [7, 11) is 0. The lowest BCUT2D eigenvalue weighted by atomic mass is 9.99. The lowest BCUT2D eigenvalue weighted by molar-refractivity contribution is 0.208. The van der Waals surface area contributed by atoms with Crippen LogP contribution in [0.3, 0.4) is 0 Å². The zero-order valence-electron chi connectivity index (χ0n) is 16.7. The van der Waals surface area contributed by atoms with Gasteiger partial charge in [-0.05, 0) is 43.4 Å². The summed E-state index contributed by atoms with van der Waals surface area (Å²) in [6.45, 7) is 4.10. The van der Waals surface area contributed by atoms with E-state index in [1.807, 2.05) is 30.5 Å². The van der Waals surface area contributed by atoms with Crippen LogP contribution in [-0.2, 0) is 0 Å². The number of hydrogen-bond acceptors (Lipinski definition) is 6. The largest absolute Gasteiger partial charge is 0.396 e. The van der Waals surface area contributed by atoms with Crippen molar-refractivity contribution in [1.82, 2.24) is 15.0 Å². The van der Waals surface area contributed by atoms with Crippen molar-refractivity contribution in [3.63, 3.8) is 0 Å². The van der Waals surface area contributed by atoms with Crippen LogP contribution in [0.25, 0.3) is 0 Å². The highest BCUT2D eigenvalue weighted by atomic mass is 16.3. The van der Waals surface area contributed by atoms with Crippen LogP contribution >= 0.6 is 0 Å². The minimum absolute atomic E-state index is 0.106. The smallest absolute Gasteiger partial charge is 0.134 e. The molecule has 1 aromatic carbocycles. The molecule has 2 unspecified atom stereocenters. The van der Waals surface area contributed by atoms with Crippen molar-refractivity contribution in [2.45, 2.75) is 25.8 Å². The number of hydrogen-bond donors (Lipinski definition) is 2. The monoisotopic (exact) mass is 389 g/mol. The van der Waals surface area contributed by atoms with Crippen molar-refractivity contribution in [2.75, 3.05) is 29.9 Å². The summed E-state index contributed by atoms with van der Waals surface area (Å²) in [6.07, 6.45) is 5.55. The van der Waals surface area contributed by atoms with Crippen LogP contribution in [0.5, 0.6) is 0 Å². The van der Waals surface area contributed by atoms with Crippen molar-refractivity contribution in [1.29, 1.82) is 0 Å². The lowest BCUT2D eigenvalue weighted by Crippen LogP contribution is -2.37. The Labute approximate surface area is 171 Å². The van der Waals surface area contributed by atoms with Crippen LogP contribution in [0.1, 0.15) is 35.7 Å². The van der Waals surface area contributed by atoms with Crippen molar-refractivity contribution >= 4 is 11.6 Å². The number of aromatic nitrogens is 3.